The first-order valence-corrected chi connectivity index (χ1v) is 6.70. The van der Waals surface area contributed by atoms with Gasteiger partial charge in [0.15, 0.2) is 0 Å². The highest BCUT2D eigenvalue weighted by Gasteiger charge is 2.23. The van der Waals surface area contributed by atoms with Gasteiger partial charge in [0.05, 0.1) is 6.61 Å². The van der Waals surface area contributed by atoms with E-state index in [1.165, 1.54) is 0 Å². The van der Waals surface area contributed by atoms with Crippen molar-refractivity contribution in [1.29, 1.82) is 0 Å². The Kier molecular flexibility index (Phi) is 2.85. The summed E-state index contributed by atoms with van der Waals surface area (Å²) in [5, 5.41) is 0. The van der Waals surface area contributed by atoms with Crippen LogP contribution in [0.3, 0.4) is 0 Å². The molecule has 0 spiro atoms. The Hall–Kier alpha value is -0.850. The summed E-state index contributed by atoms with van der Waals surface area (Å²) in [5.41, 5.74) is 1.08. The predicted octanol–water partition coefficient (Wildman–Crippen LogP) is 3.05. The lowest BCUT2D eigenvalue weighted by Crippen LogP contribution is -1.93. The van der Waals surface area contributed by atoms with Crippen molar-refractivity contribution in [3.8, 4) is 0 Å². The van der Waals surface area contributed by atoms with Crippen LogP contribution < -0.4 is 0 Å². The van der Waals surface area contributed by atoms with Crippen LogP contribution in [-0.4, -0.2) is 12.3 Å². The third-order valence-electron chi connectivity index (χ3n) is 2.24. The molecule has 0 aliphatic carbocycles. The summed E-state index contributed by atoms with van der Waals surface area (Å²) in [6.45, 7) is 0.458. The van der Waals surface area contributed by atoms with E-state index in [1.807, 2.05) is 42.5 Å². The van der Waals surface area contributed by atoms with Gasteiger partial charge in [-0.25, -0.2) is 0 Å². The third-order valence-corrected chi connectivity index (χ3v) is 4.38. The van der Waals surface area contributed by atoms with E-state index in [4.69, 9.17) is 4.52 Å². The summed E-state index contributed by atoms with van der Waals surface area (Å²) in [5.74, 6) is 0. The second kappa shape index (κ2) is 4.12. The Morgan fingerprint density at radius 3 is 2.43 bits per heavy atom. The summed E-state index contributed by atoms with van der Waals surface area (Å²) >= 11 is 0. The van der Waals surface area contributed by atoms with E-state index in [9.17, 15) is 4.57 Å². The fraction of sp³-hybridized carbons (Fsp3) is 0.273. The van der Waals surface area contributed by atoms with Gasteiger partial charge in [-0.05, 0) is 5.56 Å². The third kappa shape index (κ3) is 2.34. The van der Waals surface area contributed by atoms with Gasteiger partial charge in [0.1, 0.15) is 0 Å². The van der Waals surface area contributed by atoms with E-state index in [0.29, 0.717) is 18.9 Å². The van der Waals surface area contributed by atoms with Crippen molar-refractivity contribution < 1.29 is 9.09 Å². The zero-order valence-electron chi connectivity index (χ0n) is 7.93. The fourth-order valence-electron chi connectivity index (χ4n) is 1.42. The molecule has 1 aromatic rings. The van der Waals surface area contributed by atoms with Gasteiger partial charge in [-0.3, -0.25) is 4.57 Å². The Morgan fingerprint density at radius 2 is 1.79 bits per heavy atom. The number of rotatable bonds is 3. The van der Waals surface area contributed by atoms with Gasteiger partial charge in [-0.1, -0.05) is 42.5 Å². The molecule has 0 N–H and O–H groups in total. The van der Waals surface area contributed by atoms with Gasteiger partial charge in [-0.2, -0.15) is 0 Å². The van der Waals surface area contributed by atoms with Crippen molar-refractivity contribution in [2.24, 2.45) is 0 Å². The molecule has 1 aromatic carbocycles. The summed E-state index contributed by atoms with van der Waals surface area (Å²) in [4.78, 5) is 0. The van der Waals surface area contributed by atoms with E-state index in [2.05, 4.69) is 0 Å². The van der Waals surface area contributed by atoms with Crippen molar-refractivity contribution in [3.63, 3.8) is 0 Å². The van der Waals surface area contributed by atoms with Crippen LogP contribution >= 0.6 is 7.37 Å². The number of hydrogen-bond acceptors (Lipinski definition) is 2. The molecule has 1 aliphatic rings. The van der Waals surface area contributed by atoms with Gasteiger partial charge >= 0.3 is 0 Å². The first-order valence-electron chi connectivity index (χ1n) is 4.70. The molecular formula is C11H13O2P. The maximum atomic E-state index is 11.9. The lowest BCUT2D eigenvalue weighted by atomic mass is 10.2. The smallest absolute Gasteiger partial charge is 0.210 e. The largest absolute Gasteiger partial charge is 0.323 e. The maximum Gasteiger partial charge on any atom is 0.210 e. The molecule has 0 amide bonds. The van der Waals surface area contributed by atoms with E-state index < -0.39 is 7.37 Å². The molecule has 2 nitrogen and oxygen atoms in total. The minimum atomic E-state index is -2.35. The minimum Gasteiger partial charge on any atom is -0.323 e. The summed E-state index contributed by atoms with van der Waals surface area (Å²) in [7, 11) is -2.35. The van der Waals surface area contributed by atoms with Crippen LogP contribution in [0.2, 0.25) is 0 Å². The molecule has 0 fully saturated rings. The molecule has 0 atom stereocenters. The van der Waals surface area contributed by atoms with E-state index in [-0.39, 0.29) is 0 Å². The quantitative estimate of drug-likeness (QED) is 0.563. The molecule has 74 valence electrons. The predicted molar refractivity (Wildman–Crippen MR) is 57.7 cm³/mol. The lowest BCUT2D eigenvalue weighted by molar-refractivity contribution is 0.307. The van der Waals surface area contributed by atoms with Crippen molar-refractivity contribution in [3.05, 3.63) is 48.0 Å². The summed E-state index contributed by atoms with van der Waals surface area (Å²) < 4.78 is 17.4. The highest BCUT2D eigenvalue weighted by atomic mass is 31.2. The van der Waals surface area contributed by atoms with Crippen LogP contribution in [0.4, 0.5) is 0 Å². The van der Waals surface area contributed by atoms with Crippen LogP contribution in [0, 0.1) is 0 Å². The van der Waals surface area contributed by atoms with Gasteiger partial charge in [0, 0.05) is 12.3 Å². The van der Waals surface area contributed by atoms with Crippen LogP contribution in [-0.2, 0) is 15.7 Å². The molecule has 3 heteroatoms. The van der Waals surface area contributed by atoms with Crippen molar-refractivity contribution in [2.45, 2.75) is 6.61 Å². The standard InChI is InChI=1S/C11H13O2P/c12-14(8-4-5-9-14)13-10-11-6-2-1-3-7-11/h1-7H,8-10H2. The normalized spacial score (nSPS) is 18.6. The second-order valence-corrected chi connectivity index (χ2v) is 6.03. The van der Waals surface area contributed by atoms with Crippen LogP contribution in [0.1, 0.15) is 5.56 Å². The molecule has 1 aliphatic heterocycles. The Bertz CT molecular complexity index is 358. The molecule has 0 bridgehead atoms. The zero-order valence-corrected chi connectivity index (χ0v) is 8.82. The Balaban J connectivity index is 1.92. The van der Waals surface area contributed by atoms with E-state index in [0.717, 1.165) is 5.56 Å². The van der Waals surface area contributed by atoms with Crippen LogP contribution in [0.5, 0.6) is 0 Å². The first-order chi connectivity index (χ1) is 6.79. The van der Waals surface area contributed by atoms with Crippen molar-refractivity contribution in [1.82, 2.24) is 0 Å². The molecule has 2 rings (SSSR count). The van der Waals surface area contributed by atoms with E-state index >= 15 is 0 Å². The highest BCUT2D eigenvalue weighted by molar-refractivity contribution is 7.59. The average molecular weight is 208 g/mol. The first kappa shape index (κ1) is 9.70. The summed E-state index contributed by atoms with van der Waals surface area (Å²) in [6, 6.07) is 9.84. The van der Waals surface area contributed by atoms with Gasteiger partial charge in [0.2, 0.25) is 7.37 Å². The van der Waals surface area contributed by atoms with Gasteiger partial charge in [-0.15, -0.1) is 0 Å². The monoisotopic (exact) mass is 208 g/mol. The summed E-state index contributed by atoms with van der Waals surface area (Å²) in [6.07, 6.45) is 5.07. The number of benzene rings is 1. The molecule has 14 heavy (non-hydrogen) atoms. The zero-order chi connectivity index (χ0) is 9.86. The molecule has 0 saturated heterocycles. The van der Waals surface area contributed by atoms with Crippen molar-refractivity contribution >= 4 is 7.37 Å². The topological polar surface area (TPSA) is 26.3 Å². The SMILES string of the molecule is O=P1(OCc2ccccc2)CC=CC1. The molecule has 0 saturated carbocycles. The number of hydrogen-bond donors (Lipinski definition) is 0. The second-order valence-electron chi connectivity index (χ2n) is 3.41. The van der Waals surface area contributed by atoms with Crippen LogP contribution in [0.15, 0.2) is 42.5 Å². The fourth-order valence-corrected chi connectivity index (χ4v) is 3.10. The Labute approximate surface area is 84.1 Å². The van der Waals surface area contributed by atoms with E-state index in [1.54, 1.807) is 0 Å². The van der Waals surface area contributed by atoms with Gasteiger partial charge < -0.3 is 4.52 Å². The minimum absolute atomic E-state index is 0.458. The molecule has 0 unspecified atom stereocenters. The van der Waals surface area contributed by atoms with Crippen LogP contribution in [0.25, 0.3) is 0 Å². The molecular weight excluding hydrogens is 195 g/mol. The van der Waals surface area contributed by atoms with Gasteiger partial charge in [0.25, 0.3) is 0 Å². The lowest BCUT2D eigenvalue weighted by Gasteiger charge is -2.11. The van der Waals surface area contributed by atoms with Crippen molar-refractivity contribution in [2.75, 3.05) is 12.3 Å². The maximum absolute atomic E-state index is 11.9. The molecule has 0 radical (unpaired) electrons. The molecule has 1 heterocycles. The highest BCUT2D eigenvalue weighted by Crippen LogP contribution is 2.50. The number of allylic oxidation sites excluding steroid dienone is 2. The average Bonchev–Trinajstić information content (AvgIpc) is 2.65. The Morgan fingerprint density at radius 1 is 1.14 bits per heavy atom. The molecule has 0 aromatic heterocycles.